The second kappa shape index (κ2) is 4.11. The molecule has 1 fully saturated rings. The van der Waals surface area contributed by atoms with E-state index >= 15 is 0 Å². The van der Waals surface area contributed by atoms with Crippen molar-refractivity contribution in [3.05, 3.63) is 35.4 Å². The number of nitrogens with one attached hydrogen (secondary N) is 1. The van der Waals surface area contributed by atoms with Crippen LogP contribution >= 0.6 is 0 Å². The second-order valence-electron chi connectivity index (χ2n) is 3.95. The van der Waals surface area contributed by atoms with E-state index in [1.54, 1.807) is 0 Å². The summed E-state index contributed by atoms with van der Waals surface area (Å²) in [5, 5.41) is 13.1. The third kappa shape index (κ3) is 1.81. The number of hydrogen-bond acceptors (Lipinski definition) is 2. The summed E-state index contributed by atoms with van der Waals surface area (Å²) in [6.07, 6.45) is 2.05. The van der Waals surface area contributed by atoms with Crippen molar-refractivity contribution >= 4 is 0 Å². The molecule has 0 aliphatic carbocycles. The highest BCUT2D eigenvalue weighted by Crippen LogP contribution is 2.28. The first-order chi connectivity index (χ1) is 6.79. The van der Waals surface area contributed by atoms with Crippen molar-refractivity contribution in [2.45, 2.75) is 31.9 Å². The summed E-state index contributed by atoms with van der Waals surface area (Å²) in [6.45, 7) is 2.92. The Hall–Kier alpha value is -0.860. The highest BCUT2D eigenvalue weighted by Gasteiger charge is 2.19. The third-order valence-electron chi connectivity index (χ3n) is 2.88. The smallest absolute Gasteiger partial charge is 0.0765 e. The van der Waals surface area contributed by atoms with Gasteiger partial charge in [0.1, 0.15) is 0 Å². The number of benzene rings is 1. The van der Waals surface area contributed by atoms with Crippen molar-refractivity contribution in [1.29, 1.82) is 0 Å². The van der Waals surface area contributed by atoms with Crippen molar-refractivity contribution < 1.29 is 5.11 Å². The summed E-state index contributed by atoms with van der Waals surface area (Å²) in [4.78, 5) is 0. The molecular weight excluding hydrogens is 174 g/mol. The van der Waals surface area contributed by atoms with Crippen LogP contribution in [0, 0.1) is 0 Å². The van der Waals surface area contributed by atoms with Crippen molar-refractivity contribution in [3.8, 4) is 0 Å². The Balaban J connectivity index is 2.30. The van der Waals surface area contributed by atoms with E-state index < -0.39 is 0 Å². The molecule has 2 atom stereocenters. The first kappa shape index (κ1) is 9.69. The quantitative estimate of drug-likeness (QED) is 0.751. The first-order valence-electron chi connectivity index (χ1n) is 5.29. The van der Waals surface area contributed by atoms with E-state index in [2.05, 4.69) is 11.4 Å². The van der Waals surface area contributed by atoms with Gasteiger partial charge in [-0.2, -0.15) is 0 Å². The molecule has 1 aromatic rings. The maximum absolute atomic E-state index is 9.64. The molecule has 0 saturated carbocycles. The SMILES string of the molecule is CC(O)c1ccccc1C1CCCN1. The minimum absolute atomic E-state index is 0.367. The molecule has 0 aromatic heterocycles. The summed E-state index contributed by atoms with van der Waals surface area (Å²) in [7, 11) is 0. The zero-order chi connectivity index (χ0) is 9.97. The standard InChI is InChI=1S/C12H17NO/c1-9(14)10-5-2-3-6-11(10)12-7-4-8-13-12/h2-3,5-6,9,12-14H,4,7-8H2,1H3. The Morgan fingerprint density at radius 1 is 1.43 bits per heavy atom. The predicted octanol–water partition coefficient (Wildman–Crippen LogP) is 2.16. The van der Waals surface area contributed by atoms with Gasteiger partial charge in [0.05, 0.1) is 6.10 Å². The van der Waals surface area contributed by atoms with E-state index in [9.17, 15) is 5.11 Å². The van der Waals surface area contributed by atoms with Crippen LogP contribution in [0.4, 0.5) is 0 Å². The summed E-state index contributed by atoms with van der Waals surface area (Å²) in [5.41, 5.74) is 2.33. The molecule has 1 aromatic carbocycles. The van der Waals surface area contributed by atoms with E-state index in [1.165, 1.54) is 18.4 Å². The van der Waals surface area contributed by atoms with Crippen LogP contribution in [0.3, 0.4) is 0 Å². The number of rotatable bonds is 2. The van der Waals surface area contributed by atoms with Gasteiger partial charge in [0.2, 0.25) is 0 Å². The average Bonchev–Trinajstić information content (AvgIpc) is 2.70. The Morgan fingerprint density at radius 2 is 2.21 bits per heavy atom. The molecule has 2 rings (SSSR count). The molecule has 0 amide bonds. The predicted molar refractivity (Wildman–Crippen MR) is 57.1 cm³/mol. The van der Waals surface area contributed by atoms with Crippen LogP contribution in [0.2, 0.25) is 0 Å². The van der Waals surface area contributed by atoms with E-state index in [0.717, 1.165) is 12.1 Å². The summed E-state index contributed by atoms with van der Waals surface area (Å²) < 4.78 is 0. The summed E-state index contributed by atoms with van der Waals surface area (Å²) >= 11 is 0. The van der Waals surface area contributed by atoms with Crippen LogP contribution in [-0.4, -0.2) is 11.7 Å². The number of aliphatic hydroxyl groups excluding tert-OH is 1. The van der Waals surface area contributed by atoms with Crippen LogP contribution in [0.1, 0.15) is 43.0 Å². The fourth-order valence-electron chi connectivity index (χ4n) is 2.16. The largest absolute Gasteiger partial charge is 0.389 e. The van der Waals surface area contributed by atoms with Gasteiger partial charge in [-0.25, -0.2) is 0 Å². The van der Waals surface area contributed by atoms with Crippen LogP contribution in [0.5, 0.6) is 0 Å². The van der Waals surface area contributed by atoms with Crippen LogP contribution in [0.15, 0.2) is 24.3 Å². The lowest BCUT2D eigenvalue weighted by molar-refractivity contribution is 0.197. The van der Waals surface area contributed by atoms with Crippen molar-refractivity contribution in [3.63, 3.8) is 0 Å². The molecule has 1 saturated heterocycles. The van der Waals surface area contributed by atoms with Gasteiger partial charge in [0.25, 0.3) is 0 Å². The fourth-order valence-corrected chi connectivity index (χ4v) is 2.16. The maximum Gasteiger partial charge on any atom is 0.0765 e. The number of aliphatic hydroxyl groups is 1. The molecule has 1 aliphatic heterocycles. The monoisotopic (exact) mass is 191 g/mol. The van der Waals surface area contributed by atoms with Gasteiger partial charge >= 0.3 is 0 Å². The molecule has 2 nitrogen and oxygen atoms in total. The van der Waals surface area contributed by atoms with Gasteiger partial charge in [0.15, 0.2) is 0 Å². The third-order valence-corrected chi connectivity index (χ3v) is 2.88. The Bertz CT molecular complexity index is 303. The van der Waals surface area contributed by atoms with E-state index in [-0.39, 0.29) is 6.10 Å². The summed E-state index contributed by atoms with van der Waals surface area (Å²) in [6, 6.07) is 8.60. The average molecular weight is 191 g/mol. The Morgan fingerprint density at radius 3 is 2.86 bits per heavy atom. The van der Waals surface area contributed by atoms with Gasteiger partial charge < -0.3 is 10.4 Å². The summed E-state index contributed by atoms with van der Waals surface area (Å²) in [5.74, 6) is 0. The Labute approximate surface area is 85.0 Å². The van der Waals surface area contributed by atoms with E-state index in [1.807, 2.05) is 25.1 Å². The van der Waals surface area contributed by atoms with Crippen LogP contribution in [-0.2, 0) is 0 Å². The maximum atomic E-state index is 9.64. The molecule has 0 bridgehead atoms. The molecule has 1 aliphatic rings. The lowest BCUT2D eigenvalue weighted by Gasteiger charge is -2.17. The van der Waals surface area contributed by atoms with Gasteiger partial charge in [-0.1, -0.05) is 24.3 Å². The van der Waals surface area contributed by atoms with Crippen molar-refractivity contribution in [2.75, 3.05) is 6.54 Å². The minimum Gasteiger partial charge on any atom is -0.389 e. The highest BCUT2D eigenvalue weighted by molar-refractivity contribution is 5.32. The molecule has 2 N–H and O–H groups in total. The van der Waals surface area contributed by atoms with Crippen LogP contribution in [0.25, 0.3) is 0 Å². The molecule has 14 heavy (non-hydrogen) atoms. The minimum atomic E-state index is -0.367. The van der Waals surface area contributed by atoms with Gasteiger partial charge in [-0.3, -0.25) is 0 Å². The number of hydrogen-bond donors (Lipinski definition) is 2. The molecule has 0 radical (unpaired) electrons. The molecule has 2 unspecified atom stereocenters. The van der Waals surface area contributed by atoms with Gasteiger partial charge in [-0.15, -0.1) is 0 Å². The molecule has 0 spiro atoms. The first-order valence-corrected chi connectivity index (χ1v) is 5.29. The zero-order valence-electron chi connectivity index (χ0n) is 8.53. The van der Waals surface area contributed by atoms with Crippen molar-refractivity contribution in [1.82, 2.24) is 5.32 Å². The molecule has 2 heteroatoms. The second-order valence-corrected chi connectivity index (χ2v) is 3.95. The van der Waals surface area contributed by atoms with E-state index in [4.69, 9.17) is 0 Å². The lowest BCUT2D eigenvalue weighted by atomic mass is 9.96. The molecular formula is C12H17NO. The van der Waals surface area contributed by atoms with Crippen LogP contribution < -0.4 is 5.32 Å². The molecule has 1 heterocycles. The van der Waals surface area contributed by atoms with E-state index in [0.29, 0.717) is 6.04 Å². The normalized spacial score (nSPS) is 23.7. The Kier molecular flexibility index (Phi) is 2.85. The topological polar surface area (TPSA) is 32.3 Å². The highest BCUT2D eigenvalue weighted by atomic mass is 16.3. The van der Waals surface area contributed by atoms with Crippen molar-refractivity contribution in [2.24, 2.45) is 0 Å². The van der Waals surface area contributed by atoms with Gasteiger partial charge in [-0.05, 0) is 37.4 Å². The lowest BCUT2D eigenvalue weighted by Crippen LogP contribution is -2.15. The fraction of sp³-hybridized carbons (Fsp3) is 0.500. The van der Waals surface area contributed by atoms with Gasteiger partial charge in [0, 0.05) is 6.04 Å². The zero-order valence-corrected chi connectivity index (χ0v) is 8.53. The molecule has 76 valence electrons.